The Hall–Kier alpha value is -2.60. The minimum Gasteiger partial charge on any atom is -0.478 e. The third-order valence-corrected chi connectivity index (χ3v) is 2.68. The quantitative estimate of drug-likeness (QED) is 0.685. The zero-order valence-electron chi connectivity index (χ0n) is 9.95. The largest absolute Gasteiger partial charge is 0.478 e. The number of ether oxygens (including phenoxy) is 1. The highest BCUT2D eigenvalue weighted by atomic mass is 35.5. The Morgan fingerprint density at radius 3 is 2.40 bits per heavy atom. The lowest BCUT2D eigenvalue weighted by Gasteiger charge is -2.08. The van der Waals surface area contributed by atoms with E-state index in [1.54, 1.807) is 0 Å². The van der Waals surface area contributed by atoms with E-state index in [1.807, 2.05) is 0 Å². The first-order valence-corrected chi connectivity index (χ1v) is 5.80. The van der Waals surface area contributed by atoms with Gasteiger partial charge in [-0.05, 0) is 30.3 Å². The van der Waals surface area contributed by atoms with E-state index in [2.05, 4.69) is 0 Å². The molecule has 0 amide bonds. The molecule has 1 N–H and O–H groups in total. The highest BCUT2D eigenvalue weighted by Gasteiger charge is 2.13. The molecule has 20 heavy (non-hydrogen) atoms. The van der Waals surface area contributed by atoms with Gasteiger partial charge in [0.05, 0.1) is 4.92 Å². The number of rotatable bonds is 4. The number of non-ortho nitro benzene ring substituents is 1. The van der Waals surface area contributed by atoms with Crippen molar-refractivity contribution in [2.24, 2.45) is 0 Å². The molecule has 7 heteroatoms. The lowest BCUT2D eigenvalue weighted by atomic mass is 10.2. The normalized spacial score (nSPS) is 10.1. The summed E-state index contributed by atoms with van der Waals surface area (Å²) in [7, 11) is 0. The van der Waals surface area contributed by atoms with E-state index < -0.39 is 10.9 Å². The molecule has 2 aromatic rings. The van der Waals surface area contributed by atoms with Gasteiger partial charge in [-0.15, -0.1) is 0 Å². The fourth-order valence-electron chi connectivity index (χ4n) is 1.52. The lowest BCUT2D eigenvalue weighted by molar-refractivity contribution is -0.384. The van der Waals surface area contributed by atoms with Gasteiger partial charge in [0.1, 0.15) is 17.1 Å². The summed E-state index contributed by atoms with van der Waals surface area (Å²) in [6, 6.07) is 9.50. The van der Waals surface area contributed by atoms with Crippen LogP contribution in [0.4, 0.5) is 5.69 Å². The molecule has 0 saturated carbocycles. The first kappa shape index (κ1) is 13.8. The summed E-state index contributed by atoms with van der Waals surface area (Å²) in [4.78, 5) is 21.1. The standard InChI is InChI=1S/C13H8ClNO5/c14-8-1-6-12(11(7-8)13(16)17)20-10-4-2-9(3-5-10)15(18)19/h1-7H,(H,16,17). The van der Waals surface area contributed by atoms with Gasteiger partial charge in [-0.3, -0.25) is 10.1 Å². The van der Waals surface area contributed by atoms with Crippen LogP contribution in [0, 0.1) is 10.1 Å². The summed E-state index contributed by atoms with van der Waals surface area (Å²) in [6.07, 6.45) is 0. The number of halogens is 1. The van der Waals surface area contributed by atoms with E-state index in [0.717, 1.165) is 0 Å². The molecule has 0 aliphatic heterocycles. The molecule has 0 fully saturated rings. The van der Waals surface area contributed by atoms with E-state index in [9.17, 15) is 14.9 Å². The van der Waals surface area contributed by atoms with Crippen molar-refractivity contribution in [3.05, 3.63) is 63.2 Å². The number of carboxylic acids is 1. The maximum atomic E-state index is 11.1. The van der Waals surface area contributed by atoms with Gasteiger partial charge in [0.15, 0.2) is 0 Å². The minimum atomic E-state index is -1.18. The molecule has 0 radical (unpaired) electrons. The first-order valence-electron chi connectivity index (χ1n) is 5.42. The molecule has 0 aliphatic rings. The van der Waals surface area contributed by atoms with Crippen LogP contribution in [0.5, 0.6) is 11.5 Å². The molecule has 2 aromatic carbocycles. The summed E-state index contributed by atoms with van der Waals surface area (Å²) in [6.45, 7) is 0. The van der Waals surface area contributed by atoms with Crippen LogP contribution in [0.1, 0.15) is 10.4 Å². The fourth-order valence-corrected chi connectivity index (χ4v) is 1.69. The van der Waals surface area contributed by atoms with Crippen molar-refractivity contribution in [3.63, 3.8) is 0 Å². The maximum Gasteiger partial charge on any atom is 0.339 e. The van der Waals surface area contributed by atoms with Crippen molar-refractivity contribution >= 4 is 23.3 Å². The van der Waals surface area contributed by atoms with Gasteiger partial charge in [-0.1, -0.05) is 11.6 Å². The maximum absolute atomic E-state index is 11.1. The molecule has 2 rings (SSSR count). The Kier molecular flexibility index (Phi) is 3.86. The van der Waals surface area contributed by atoms with E-state index >= 15 is 0 Å². The molecule has 0 bridgehead atoms. The molecule has 0 spiro atoms. The third-order valence-electron chi connectivity index (χ3n) is 2.45. The first-order chi connectivity index (χ1) is 9.47. The number of hydrogen-bond donors (Lipinski definition) is 1. The molecule has 0 atom stereocenters. The minimum absolute atomic E-state index is 0.0769. The van der Waals surface area contributed by atoms with Crippen molar-refractivity contribution in [2.45, 2.75) is 0 Å². The van der Waals surface area contributed by atoms with Crippen LogP contribution in [0.25, 0.3) is 0 Å². The monoisotopic (exact) mass is 293 g/mol. The highest BCUT2D eigenvalue weighted by molar-refractivity contribution is 6.31. The van der Waals surface area contributed by atoms with Gasteiger partial charge in [0.2, 0.25) is 0 Å². The van der Waals surface area contributed by atoms with Gasteiger partial charge in [0.25, 0.3) is 5.69 Å². The van der Waals surface area contributed by atoms with Crippen LogP contribution in [0.2, 0.25) is 5.02 Å². The second kappa shape index (κ2) is 5.58. The third kappa shape index (κ3) is 3.04. The van der Waals surface area contributed by atoms with Gasteiger partial charge < -0.3 is 9.84 Å². The van der Waals surface area contributed by atoms with Crippen molar-refractivity contribution in [2.75, 3.05) is 0 Å². The zero-order chi connectivity index (χ0) is 14.7. The Morgan fingerprint density at radius 2 is 1.85 bits per heavy atom. The van der Waals surface area contributed by atoms with E-state index in [-0.39, 0.29) is 22.0 Å². The number of aromatic carboxylic acids is 1. The predicted octanol–water partition coefficient (Wildman–Crippen LogP) is 3.74. The molecule has 102 valence electrons. The number of carboxylic acid groups (broad SMARTS) is 1. The van der Waals surface area contributed by atoms with Gasteiger partial charge >= 0.3 is 5.97 Å². The highest BCUT2D eigenvalue weighted by Crippen LogP contribution is 2.29. The summed E-state index contributed by atoms with van der Waals surface area (Å²) in [5.74, 6) is -0.777. The number of nitro groups is 1. The number of nitrogens with zero attached hydrogens (tertiary/aromatic N) is 1. The topological polar surface area (TPSA) is 89.7 Å². The Labute approximate surface area is 118 Å². The Morgan fingerprint density at radius 1 is 1.20 bits per heavy atom. The smallest absolute Gasteiger partial charge is 0.339 e. The van der Waals surface area contributed by atoms with Crippen LogP contribution >= 0.6 is 11.6 Å². The van der Waals surface area contributed by atoms with Crippen molar-refractivity contribution in [1.82, 2.24) is 0 Å². The lowest BCUT2D eigenvalue weighted by Crippen LogP contribution is -2.00. The number of carbonyl (C=O) groups is 1. The molecule has 0 unspecified atom stereocenters. The number of benzene rings is 2. The Balaban J connectivity index is 2.30. The van der Waals surface area contributed by atoms with Gasteiger partial charge in [0, 0.05) is 17.2 Å². The zero-order valence-corrected chi connectivity index (χ0v) is 10.7. The van der Waals surface area contributed by atoms with Crippen LogP contribution in [-0.4, -0.2) is 16.0 Å². The summed E-state index contributed by atoms with van der Waals surface area (Å²) < 4.78 is 5.40. The fraction of sp³-hybridized carbons (Fsp3) is 0. The van der Waals surface area contributed by atoms with Crippen molar-refractivity contribution in [1.29, 1.82) is 0 Å². The summed E-state index contributed by atoms with van der Waals surface area (Å²) in [5, 5.41) is 19.9. The van der Waals surface area contributed by atoms with Gasteiger partial charge in [-0.2, -0.15) is 0 Å². The predicted molar refractivity (Wildman–Crippen MR) is 71.6 cm³/mol. The summed E-state index contributed by atoms with van der Waals surface area (Å²) in [5.41, 5.74) is -0.164. The molecule has 0 aliphatic carbocycles. The van der Waals surface area contributed by atoms with E-state index in [4.69, 9.17) is 21.4 Å². The molecule has 6 nitrogen and oxygen atoms in total. The average Bonchev–Trinajstić information content (AvgIpc) is 2.41. The molecular formula is C13H8ClNO5. The van der Waals surface area contributed by atoms with E-state index in [1.165, 1.54) is 42.5 Å². The Bertz CT molecular complexity index is 669. The van der Waals surface area contributed by atoms with E-state index in [0.29, 0.717) is 5.75 Å². The number of nitro benzene ring substituents is 1. The second-order valence-corrected chi connectivity index (χ2v) is 4.24. The van der Waals surface area contributed by atoms with Crippen LogP contribution in [-0.2, 0) is 0 Å². The SMILES string of the molecule is O=C(O)c1cc(Cl)ccc1Oc1ccc([N+](=O)[O-])cc1. The molecule has 0 aromatic heterocycles. The second-order valence-electron chi connectivity index (χ2n) is 3.80. The molecule has 0 heterocycles. The average molecular weight is 294 g/mol. The van der Waals surface area contributed by atoms with Crippen LogP contribution in [0.3, 0.4) is 0 Å². The van der Waals surface area contributed by atoms with Crippen molar-refractivity contribution in [3.8, 4) is 11.5 Å². The van der Waals surface area contributed by atoms with Crippen LogP contribution in [0.15, 0.2) is 42.5 Å². The van der Waals surface area contributed by atoms with Gasteiger partial charge in [-0.25, -0.2) is 4.79 Å². The molecule has 0 saturated heterocycles. The van der Waals surface area contributed by atoms with Crippen LogP contribution < -0.4 is 4.74 Å². The summed E-state index contributed by atoms with van der Waals surface area (Å²) >= 11 is 5.73. The molecular weight excluding hydrogens is 286 g/mol. The number of hydrogen-bond acceptors (Lipinski definition) is 4. The van der Waals surface area contributed by atoms with Crippen molar-refractivity contribution < 1.29 is 19.6 Å².